The molecule has 0 bridgehead atoms. The maximum atomic E-state index is 12.8. The molecule has 1 saturated heterocycles. The quantitative estimate of drug-likeness (QED) is 0.827. The van der Waals surface area contributed by atoms with E-state index in [-0.39, 0.29) is 31.4 Å². The van der Waals surface area contributed by atoms with Gasteiger partial charge in [0.1, 0.15) is 0 Å². The van der Waals surface area contributed by atoms with Crippen molar-refractivity contribution in [3.05, 3.63) is 11.6 Å². The van der Waals surface area contributed by atoms with Crippen LogP contribution in [0.2, 0.25) is 0 Å². The Hall–Kier alpha value is -1.64. The van der Waals surface area contributed by atoms with Crippen molar-refractivity contribution in [1.29, 1.82) is 0 Å². The zero-order chi connectivity index (χ0) is 15.3. The first-order valence-corrected chi connectivity index (χ1v) is 6.81. The molecular formula is C12H16F3N5O. The molecule has 1 aromatic heterocycles. The van der Waals surface area contributed by atoms with Crippen molar-refractivity contribution in [3.8, 4) is 0 Å². The first-order valence-electron chi connectivity index (χ1n) is 6.81. The van der Waals surface area contributed by atoms with Crippen LogP contribution < -0.4 is 5.32 Å². The molecule has 21 heavy (non-hydrogen) atoms. The Labute approximate surface area is 119 Å². The first kappa shape index (κ1) is 14.3. The minimum atomic E-state index is -4.52. The molecule has 9 heteroatoms. The van der Waals surface area contributed by atoms with Gasteiger partial charge in [-0.3, -0.25) is 4.79 Å². The van der Waals surface area contributed by atoms with Gasteiger partial charge in [-0.25, -0.2) is 0 Å². The molecule has 116 valence electrons. The highest BCUT2D eigenvalue weighted by Crippen LogP contribution is 2.32. The van der Waals surface area contributed by atoms with Crippen molar-refractivity contribution in [2.24, 2.45) is 5.41 Å². The third kappa shape index (κ3) is 2.39. The van der Waals surface area contributed by atoms with Crippen molar-refractivity contribution in [1.82, 2.24) is 25.0 Å². The summed E-state index contributed by atoms with van der Waals surface area (Å²) in [4.78, 5) is 14.1. The molecule has 0 aliphatic carbocycles. The Balaban J connectivity index is 1.79. The van der Waals surface area contributed by atoms with Gasteiger partial charge in [-0.05, 0) is 19.9 Å². The summed E-state index contributed by atoms with van der Waals surface area (Å²) in [6, 6.07) is 0. The SMILES string of the molecule is CC1(C(=O)N2CCn3c(nnc3C(F)(F)F)C2)CCNC1. The summed E-state index contributed by atoms with van der Waals surface area (Å²) in [5.41, 5.74) is -0.477. The van der Waals surface area contributed by atoms with Crippen LogP contribution in [0.5, 0.6) is 0 Å². The lowest BCUT2D eigenvalue weighted by atomic mass is 9.88. The maximum absolute atomic E-state index is 12.8. The predicted octanol–water partition coefficient (Wildman–Crippen LogP) is 0.639. The second kappa shape index (κ2) is 4.69. The molecule has 1 atom stereocenters. The summed E-state index contributed by atoms with van der Waals surface area (Å²) in [6.45, 7) is 3.68. The molecule has 6 nitrogen and oxygen atoms in total. The van der Waals surface area contributed by atoms with Crippen molar-refractivity contribution in [2.75, 3.05) is 19.6 Å². The zero-order valence-corrected chi connectivity index (χ0v) is 11.6. The van der Waals surface area contributed by atoms with Crippen molar-refractivity contribution >= 4 is 5.91 Å². The third-order valence-corrected chi connectivity index (χ3v) is 4.18. The summed E-state index contributed by atoms with van der Waals surface area (Å²) in [7, 11) is 0. The highest BCUT2D eigenvalue weighted by Gasteiger charge is 2.43. The van der Waals surface area contributed by atoms with E-state index < -0.39 is 17.4 Å². The minimum absolute atomic E-state index is 0.0321. The molecule has 0 aromatic carbocycles. The zero-order valence-electron chi connectivity index (χ0n) is 11.6. The molecule has 2 aliphatic rings. The summed E-state index contributed by atoms with van der Waals surface area (Å²) in [5, 5.41) is 9.95. The lowest BCUT2D eigenvalue weighted by Gasteiger charge is -2.34. The number of alkyl halides is 3. The van der Waals surface area contributed by atoms with Gasteiger partial charge >= 0.3 is 6.18 Å². The second-order valence-corrected chi connectivity index (χ2v) is 5.80. The number of rotatable bonds is 1. The van der Waals surface area contributed by atoms with E-state index in [1.165, 1.54) is 0 Å². The topological polar surface area (TPSA) is 63.1 Å². The van der Waals surface area contributed by atoms with Crippen LogP contribution in [-0.2, 0) is 24.1 Å². The van der Waals surface area contributed by atoms with Crippen LogP contribution in [0.25, 0.3) is 0 Å². The largest absolute Gasteiger partial charge is 0.451 e. The Morgan fingerprint density at radius 1 is 1.33 bits per heavy atom. The number of carbonyl (C=O) groups excluding carboxylic acids is 1. The lowest BCUT2D eigenvalue weighted by Crippen LogP contribution is -2.47. The smallest absolute Gasteiger partial charge is 0.333 e. The van der Waals surface area contributed by atoms with Gasteiger partial charge in [0.15, 0.2) is 5.82 Å². The second-order valence-electron chi connectivity index (χ2n) is 5.80. The highest BCUT2D eigenvalue weighted by atomic mass is 19.4. The van der Waals surface area contributed by atoms with Gasteiger partial charge in [-0.15, -0.1) is 10.2 Å². The average molecular weight is 303 g/mol. The number of aromatic nitrogens is 3. The third-order valence-electron chi connectivity index (χ3n) is 4.18. The molecule has 2 aliphatic heterocycles. The molecule has 0 spiro atoms. The van der Waals surface area contributed by atoms with Crippen LogP contribution in [0, 0.1) is 5.41 Å². The van der Waals surface area contributed by atoms with Crippen LogP contribution in [0.3, 0.4) is 0 Å². The number of halogens is 3. The van der Waals surface area contributed by atoms with E-state index in [1.807, 2.05) is 6.92 Å². The van der Waals surface area contributed by atoms with E-state index >= 15 is 0 Å². The molecule has 3 heterocycles. The number of nitrogens with one attached hydrogen (secondary N) is 1. The number of carbonyl (C=O) groups is 1. The van der Waals surface area contributed by atoms with Crippen molar-refractivity contribution in [3.63, 3.8) is 0 Å². The molecule has 1 unspecified atom stereocenters. The van der Waals surface area contributed by atoms with Gasteiger partial charge < -0.3 is 14.8 Å². The minimum Gasteiger partial charge on any atom is -0.333 e. The molecule has 1 N–H and O–H groups in total. The van der Waals surface area contributed by atoms with E-state index in [4.69, 9.17) is 0 Å². The number of hydrogen-bond donors (Lipinski definition) is 1. The fourth-order valence-electron chi connectivity index (χ4n) is 2.92. The van der Waals surface area contributed by atoms with Gasteiger partial charge in [0.2, 0.25) is 11.7 Å². The maximum Gasteiger partial charge on any atom is 0.451 e. The van der Waals surface area contributed by atoms with Crippen LogP contribution in [0.1, 0.15) is 25.0 Å². The fourth-order valence-corrected chi connectivity index (χ4v) is 2.92. The Bertz CT molecular complexity index is 562. The van der Waals surface area contributed by atoms with E-state index in [9.17, 15) is 18.0 Å². The fraction of sp³-hybridized carbons (Fsp3) is 0.750. The normalized spacial score (nSPS) is 26.0. The van der Waals surface area contributed by atoms with Gasteiger partial charge in [0, 0.05) is 19.6 Å². The molecule has 0 radical (unpaired) electrons. The lowest BCUT2D eigenvalue weighted by molar-refractivity contribution is -0.148. The van der Waals surface area contributed by atoms with Crippen LogP contribution in [0.15, 0.2) is 0 Å². The van der Waals surface area contributed by atoms with Gasteiger partial charge in [-0.1, -0.05) is 0 Å². The summed E-state index contributed by atoms with van der Waals surface area (Å²) < 4.78 is 39.3. The highest BCUT2D eigenvalue weighted by molar-refractivity contribution is 5.83. The first-order chi connectivity index (χ1) is 9.81. The molecule has 0 saturated carbocycles. The summed E-state index contributed by atoms with van der Waals surface area (Å²) >= 11 is 0. The number of hydrogen-bond acceptors (Lipinski definition) is 4. The molecular weight excluding hydrogens is 287 g/mol. The Kier molecular flexibility index (Phi) is 3.19. The van der Waals surface area contributed by atoms with E-state index in [1.54, 1.807) is 4.90 Å². The van der Waals surface area contributed by atoms with Gasteiger partial charge in [0.25, 0.3) is 0 Å². The molecule has 3 rings (SSSR count). The summed E-state index contributed by atoms with van der Waals surface area (Å²) in [5.74, 6) is -0.829. The van der Waals surface area contributed by atoms with Crippen molar-refractivity contribution in [2.45, 2.75) is 32.6 Å². The molecule has 1 aromatic rings. The Morgan fingerprint density at radius 3 is 2.71 bits per heavy atom. The standard InChI is InChI=1S/C12H16F3N5O/c1-11(2-3-16-7-11)10(21)19-4-5-20-8(6-19)17-18-9(20)12(13,14)15/h16H,2-7H2,1H3. The predicted molar refractivity (Wildman–Crippen MR) is 66.0 cm³/mol. The van der Waals surface area contributed by atoms with Gasteiger partial charge in [-0.2, -0.15) is 13.2 Å². The molecule has 1 amide bonds. The average Bonchev–Trinajstić information content (AvgIpc) is 3.03. The monoisotopic (exact) mass is 303 g/mol. The number of fused-ring (bicyclic) bond motifs is 1. The summed E-state index contributed by atoms with van der Waals surface area (Å²) in [6.07, 6.45) is -3.78. The van der Waals surface area contributed by atoms with Gasteiger partial charge in [0.05, 0.1) is 12.0 Å². The van der Waals surface area contributed by atoms with E-state index in [0.717, 1.165) is 17.5 Å². The van der Waals surface area contributed by atoms with Crippen LogP contribution in [-0.4, -0.2) is 45.2 Å². The van der Waals surface area contributed by atoms with Crippen LogP contribution in [0.4, 0.5) is 13.2 Å². The Morgan fingerprint density at radius 2 is 2.10 bits per heavy atom. The van der Waals surface area contributed by atoms with Crippen molar-refractivity contribution < 1.29 is 18.0 Å². The molecule has 1 fully saturated rings. The van der Waals surface area contributed by atoms with E-state index in [2.05, 4.69) is 15.5 Å². The number of nitrogens with zero attached hydrogens (tertiary/aromatic N) is 4. The van der Waals surface area contributed by atoms with E-state index in [0.29, 0.717) is 6.54 Å². The number of amides is 1. The van der Waals surface area contributed by atoms with Crippen LogP contribution >= 0.6 is 0 Å².